The highest BCUT2D eigenvalue weighted by Crippen LogP contribution is 2.30. The summed E-state index contributed by atoms with van der Waals surface area (Å²) >= 11 is 0. The molecule has 25 heavy (non-hydrogen) atoms. The van der Waals surface area contributed by atoms with E-state index in [9.17, 15) is 13.6 Å². The van der Waals surface area contributed by atoms with E-state index in [0.717, 1.165) is 5.56 Å². The van der Waals surface area contributed by atoms with Crippen LogP contribution in [-0.2, 0) is 16.0 Å². The fourth-order valence-electron chi connectivity index (χ4n) is 2.64. The van der Waals surface area contributed by atoms with Gasteiger partial charge < -0.3 is 4.74 Å². The van der Waals surface area contributed by atoms with E-state index >= 15 is 0 Å². The second kappa shape index (κ2) is 9.92. The number of aryl methyl sites for hydroxylation is 3. The minimum atomic E-state index is -0.364. The molecule has 0 aliphatic heterocycles. The van der Waals surface area contributed by atoms with Crippen LogP contribution in [0.5, 0.6) is 0 Å². The topological polar surface area (TPSA) is 26.3 Å². The van der Waals surface area contributed by atoms with Gasteiger partial charge in [0.15, 0.2) is 0 Å². The molecule has 0 aliphatic carbocycles. The number of carbonyl (C=O) groups is 1. The summed E-state index contributed by atoms with van der Waals surface area (Å²) in [5, 5.41) is 0. The Hall–Kier alpha value is -2.23. The Balaban J connectivity index is 0.00000151. The second-order valence-electron chi connectivity index (χ2n) is 5.50. The third-order valence-electron chi connectivity index (χ3n) is 3.74. The second-order valence-corrected chi connectivity index (χ2v) is 5.50. The summed E-state index contributed by atoms with van der Waals surface area (Å²) < 4.78 is 33.3. The molecule has 0 amide bonds. The van der Waals surface area contributed by atoms with Gasteiger partial charge in [-0.2, -0.15) is 0 Å². The van der Waals surface area contributed by atoms with Crippen molar-refractivity contribution in [2.75, 3.05) is 6.61 Å². The van der Waals surface area contributed by atoms with Crippen molar-refractivity contribution in [3.05, 3.63) is 58.7 Å². The van der Waals surface area contributed by atoms with Crippen LogP contribution in [0, 0.1) is 25.5 Å². The molecule has 0 atom stereocenters. The maximum Gasteiger partial charge on any atom is 0.306 e. The van der Waals surface area contributed by atoms with Crippen molar-refractivity contribution in [1.29, 1.82) is 0 Å². The van der Waals surface area contributed by atoms with E-state index < -0.39 is 0 Å². The number of ether oxygens (including phenoxy) is 1. The third-order valence-corrected chi connectivity index (χ3v) is 3.74. The molecular formula is C21H26F2O2. The molecule has 2 aromatic rings. The van der Waals surface area contributed by atoms with Crippen molar-refractivity contribution >= 4 is 5.97 Å². The van der Waals surface area contributed by atoms with Gasteiger partial charge >= 0.3 is 5.97 Å². The molecule has 136 valence electrons. The highest BCUT2D eigenvalue weighted by Gasteiger charge is 2.14. The summed E-state index contributed by atoms with van der Waals surface area (Å²) in [7, 11) is 0. The Morgan fingerprint density at radius 3 is 2.36 bits per heavy atom. The minimum Gasteiger partial charge on any atom is -0.466 e. The van der Waals surface area contributed by atoms with Gasteiger partial charge in [0.25, 0.3) is 0 Å². The zero-order valence-electron chi connectivity index (χ0n) is 15.6. The van der Waals surface area contributed by atoms with Crippen LogP contribution in [0.4, 0.5) is 8.78 Å². The van der Waals surface area contributed by atoms with Gasteiger partial charge in [-0.1, -0.05) is 26.0 Å². The monoisotopic (exact) mass is 348 g/mol. The number of esters is 1. The number of halogens is 2. The van der Waals surface area contributed by atoms with E-state index in [1.165, 1.54) is 6.07 Å². The molecule has 0 aliphatic rings. The highest BCUT2D eigenvalue weighted by molar-refractivity contribution is 5.71. The lowest BCUT2D eigenvalue weighted by molar-refractivity contribution is -0.143. The van der Waals surface area contributed by atoms with Gasteiger partial charge in [-0.25, -0.2) is 8.78 Å². The van der Waals surface area contributed by atoms with Crippen molar-refractivity contribution < 1.29 is 18.3 Å². The lowest BCUT2D eigenvalue weighted by Gasteiger charge is -2.12. The van der Waals surface area contributed by atoms with Crippen LogP contribution in [0.1, 0.15) is 43.9 Å². The maximum absolute atomic E-state index is 14.3. The molecule has 0 spiro atoms. The first-order valence-electron chi connectivity index (χ1n) is 8.64. The van der Waals surface area contributed by atoms with E-state index in [1.54, 1.807) is 32.0 Å². The van der Waals surface area contributed by atoms with Crippen LogP contribution in [-0.4, -0.2) is 12.6 Å². The molecule has 2 nitrogen and oxygen atoms in total. The Labute approximate surface area is 148 Å². The van der Waals surface area contributed by atoms with Crippen LogP contribution in [0.3, 0.4) is 0 Å². The van der Waals surface area contributed by atoms with E-state index in [0.29, 0.717) is 28.9 Å². The molecule has 2 rings (SSSR count). The summed E-state index contributed by atoms with van der Waals surface area (Å²) in [4.78, 5) is 11.5. The molecular weight excluding hydrogens is 322 g/mol. The van der Waals surface area contributed by atoms with Gasteiger partial charge in [0.05, 0.1) is 6.61 Å². The molecule has 2 aromatic carbocycles. The number of carbonyl (C=O) groups excluding carboxylic acids is 1. The van der Waals surface area contributed by atoms with Gasteiger partial charge in [-0.15, -0.1) is 0 Å². The summed E-state index contributed by atoms with van der Waals surface area (Å²) in [5.41, 5.74) is 2.71. The summed E-state index contributed by atoms with van der Waals surface area (Å²) in [6, 6.07) is 8.10. The number of benzene rings is 2. The van der Waals surface area contributed by atoms with Crippen molar-refractivity contribution in [2.24, 2.45) is 0 Å². The fourth-order valence-corrected chi connectivity index (χ4v) is 2.64. The van der Waals surface area contributed by atoms with Gasteiger partial charge in [0.2, 0.25) is 0 Å². The quantitative estimate of drug-likeness (QED) is 0.641. The maximum atomic E-state index is 14.3. The molecule has 0 saturated carbocycles. The predicted molar refractivity (Wildman–Crippen MR) is 97.6 cm³/mol. The Kier molecular flexibility index (Phi) is 8.26. The Bertz CT molecular complexity index is 704. The van der Waals surface area contributed by atoms with Crippen molar-refractivity contribution in [1.82, 2.24) is 0 Å². The van der Waals surface area contributed by atoms with Crippen molar-refractivity contribution in [2.45, 2.75) is 47.5 Å². The fraction of sp³-hybridized carbons (Fsp3) is 0.381. The van der Waals surface area contributed by atoms with Crippen LogP contribution < -0.4 is 0 Å². The van der Waals surface area contributed by atoms with Gasteiger partial charge in [-0.05, 0) is 67.6 Å². The first-order chi connectivity index (χ1) is 11.9. The molecule has 0 bridgehead atoms. The normalized spacial score (nSPS) is 10.0. The van der Waals surface area contributed by atoms with Crippen molar-refractivity contribution in [3.8, 4) is 11.1 Å². The van der Waals surface area contributed by atoms with Crippen LogP contribution in [0.25, 0.3) is 11.1 Å². The van der Waals surface area contributed by atoms with E-state index in [4.69, 9.17) is 4.74 Å². The first-order valence-corrected chi connectivity index (χ1v) is 8.64. The molecule has 4 heteroatoms. The van der Waals surface area contributed by atoms with E-state index in [2.05, 4.69) is 0 Å². The lowest BCUT2D eigenvalue weighted by atomic mass is 9.94. The first kappa shape index (κ1) is 20.8. The van der Waals surface area contributed by atoms with Crippen LogP contribution >= 0.6 is 0 Å². The SMILES string of the molecule is CC.CCOC(=O)CCc1cc(-c2c(C)cccc2F)cc(C)c1F. The average Bonchev–Trinajstić information content (AvgIpc) is 2.58. The Morgan fingerprint density at radius 1 is 1.08 bits per heavy atom. The molecule has 0 radical (unpaired) electrons. The number of hydrogen-bond acceptors (Lipinski definition) is 2. The average molecular weight is 348 g/mol. The Morgan fingerprint density at radius 2 is 1.76 bits per heavy atom. The highest BCUT2D eigenvalue weighted by atomic mass is 19.1. The number of hydrogen-bond donors (Lipinski definition) is 0. The van der Waals surface area contributed by atoms with Crippen LogP contribution in [0.15, 0.2) is 30.3 Å². The summed E-state index contributed by atoms with van der Waals surface area (Å²) in [6.45, 7) is 9.48. The largest absolute Gasteiger partial charge is 0.466 e. The lowest BCUT2D eigenvalue weighted by Crippen LogP contribution is -2.06. The molecule has 0 N–H and O–H groups in total. The van der Waals surface area contributed by atoms with Gasteiger partial charge in [0, 0.05) is 12.0 Å². The predicted octanol–water partition coefficient (Wildman–Crippen LogP) is 5.77. The molecule has 0 saturated heterocycles. The smallest absolute Gasteiger partial charge is 0.306 e. The third kappa shape index (κ3) is 5.38. The minimum absolute atomic E-state index is 0.101. The molecule has 0 unspecified atom stereocenters. The zero-order chi connectivity index (χ0) is 19.0. The van der Waals surface area contributed by atoms with Gasteiger partial charge in [0.1, 0.15) is 11.6 Å². The van der Waals surface area contributed by atoms with Gasteiger partial charge in [-0.3, -0.25) is 4.79 Å². The van der Waals surface area contributed by atoms with E-state index in [1.807, 2.05) is 26.8 Å². The van der Waals surface area contributed by atoms with Crippen LogP contribution in [0.2, 0.25) is 0 Å². The standard InChI is InChI=1S/C19H20F2O2.C2H6/c1-4-23-17(22)9-8-14-11-15(10-13(3)19(14)21)18-12(2)6-5-7-16(18)20;1-2/h5-7,10-11H,4,8-9H2,1-3H3;1-2H3. The molecule has 0 aromatic heterocycles. The molecule has 0 heterocycles. The van der Waals surface area contributed by atoms with Crippen molar-refractivity contribution in [3.63, 3.8) is 0 Å². The summed E-state index contributed by atoms with van der Waals surface area (Å²) in [6.07, 6.45) is 0.330. The zero-order valence-corrected chi connectivity index (χ0v) is 15.6. The van der Waals surface area contributed by atoms with E-state index in [-0.39, 0.29) is 30.4 Å². The number of rotatable bonds is 5. The molecule has 0 fully saturated rings. The summed E-state index contributed by atoms with van der Waals surface area (Å²) in [5.74, 6) is -1.06.